The molecule has 1 atom stereocenters. The van der Waals surface area contributed by atoms with Crippen molar-refractivity contribution in [3.8, 4) is 0 Å². The number of carbonyl (C=O) groups is 2. The number of nitrogens with one attached hydrogen (secondary N) is 2. The molecule has 1 aliphatic heterocycles. The van der Waals surface area contributed by atoms with Crippen LogP contribution < -0.4 is 10.6 Å². The highest BCUT2D eigenvalue weighted by Gasteiger charge is 2.28. The SMILES string of the molecule is C=CCNC(=O)CC1NCCN(CC=C)C1=O.Cl. The molecule has 5 nitrogen and oxygen atoms in total. The molecule has 0 radical (unpaired) electrons. The molecule has 0 spiro atoms. The van der Waals surface area contributed by atoms with Crippen molar-refractivity contribution >= 4 is 24.2 Å². The van der Waals surface area contributed by atoms with E-state index in [9.17, 15) is 9.59 Å². The lowest BCUT2D eigenvalue weighted by atomic mass is 10.1. The van der Waals surface area contributed by atoms with Crippen LogP contribution in [0.2, 0.25) is 0 Å². The minimum Gasteiger partial charge on any atom is -0.353 e. The molecule has 6 heteroatoms. The summed E-state index contributed by atoms with van der Waals surface area (Å²) in [6.07, 6.45) is 3.47. The lowest BCUT2D eigenvalue weighted by Crippen LogP contribution is -2.56. The number of nitrogens with zero attached hydrogens (tertiary/aromatic N) is 1. The molecule has 0 aromatic carbocycles. The van der Waals surface area contributed by atoms with E-state index in [0.717, 1.165) is 0 Å². The van der Waals surface area contributed by atoms with Gasteiger partial charge in [-0.3, -0.25) is 9.59 Å². The minimum absolute atomic E-state index is 0. The van der Waals surface area contributed by atoms with Crippen molar-refractivity contribution in [1.29, 1.82) is 0 Å². The first-order chi connectivity index (χ1) is 8.19. The van der Waals surface area contributed by atoms with Crippen molar-refractivity contribution < 1.29 is 9.59 Å². The molecule has 1 saturated heterocycles. The van der Waals surface area contributed by atoms with Crippen LogP contribution in [-0.4, -0.2) is 48.9 Å². The molecule has 0 aliphatic carbocycles. The second-order valence-corrected chi connectivity index (χ2v) is 3.88. The first-order valence-corrected chi connectivity index (χ1v) is 5.69. The number of hydrogen-bond acceptors (Lipinski definition) is 3. The number of carbonyl (C=O) groups excluding carboxylic acids is 2. The summed E-state index contributed by atoms with van der Waals surface area (Å²) in [5, 5.41) is 5.71. The fourth-order valence-electron chi connectivity index (χ4n) is 1.73. The Morgan fingerprint density at radius 1 is 1.50 bits per heavy atom. The van der Waals surface area contributed by atoms with Gasteiger partial charge in [-0.25, -0.2) is 0 Å². The van der Waals surface area contributed by atoms with Crippen molar-refractivity contribution in [2.75, 3.05) is 26.2 Å². The van der Waals surface area contributed by atoms with Gasteiger partial charge in [-0.05, 0) is 0 Å². The Labute approximate surface area is 114 Å². The fourth-order valence-corrected chi connectivity index (χ4v) is 1.73. The van der Waals surface area contributed by atoms with Gasteiger partial charge in [-0.2, -0.15) is 0 Å². The van der Waals surface area contributed by atoms with Gasteiger partial charge >= 0.3 is 0 Å². The van der Waals surface area contributed by atoms with Gasteiger partial charge in [0.15, 0.2) is 0 Å². The summed E-state index contributed by atoms with van der Waals surface area (Å²) < 4.78 is 0. The predicted octanol–water partition coefficient (Wildman–Crippen LogP) is 0.0869. The summed E-state index contributed by atoms with van der Waals surface area (Å²) in [4.78, 5) is 25.1. The molecule has 1 unspecified atom stereocenters. The van der Waals surface area contributed by atoms with Crippen LogP contribution in [0.5, 0.6) is 0 Å². The van der Waals surface area contributed by atoms with E-state index in [0.29, 0.717) is 26.2 Å². The molecule has 1 fully saturated rings. The summed E-state index contributed by atoms with van der Waals surface area (Å²) in [6.45, 7) is 9.45. The smallest absolute Gasteiger partial charge is 0.240 e. The Hall–Kier alpha value is -1.33. The van der Waals surface area contributed by atoms with Gasteiger partial charge in [0.25, 0.3) is 0 Å². The van der Waals surface area contributed by atoms with Gasteiger partial charge in [0, 0.05) is 26.2 Å². The number of amides is 2. The number of hydrogen-bond donors (Lipinski definition) is 2. The maximum atomic E-state index is 11.9. The van der Waals surface area contributed by atoms with Crippen LogP contribution in [0, 0.1) is 0 Å². The monoisotopic (exact) mass is 273 g/mol. The highest BCUT2D eigenvalue weighted by molar-refractivity contribution is 5.89. The molecule has 1 heterocycles. The van der Waals surface area contributed by atoms with Crippen molar-refractivity contribution in [3.63, 3.8) is 0 Å². The number of rotatable bonds is 6. The molecule has 1 rings (SSSR count). The van der Waals surface area contributed by atoms with Crippen LogP contribution >= 0.6 is 12.4 Å². The average molecular weight is 274 g/mol. The molecule has 1 aliphatic rings. The first kappa shape index (κ1) is 16.7. The molecule has 2 amide bonds. The average Bonchev–Trinajstić information content (AvgIpc) is 2.32. The zero-order chi connectivity index (χ0) is 12.7. The van der Waals surface area contributed by atoms with Crippen molar-refractivity contribution in [1.82, 2.24) is 15.5 Å². The van der Waals surface area contributed by atoms with E-state index in [1.54, 1.807) is 17.1 Å². The molecular formula is C12H20ClN3O2. The maximum Gasteiger partial charge on any atom is 0.240 e. The normalized spacial score (nSPS) is 18.8. The molecule has 0 saturated carbocycles. The lowest BCUT2D eigenvalue weighted by Gasteiger charge is -2.32. The zero-order valence-electron chi connectivity index (χ0n) is 10.4. The maximum absolute atomic E-state index is 11.9. The predicted molar refractivity (Wildman–Crippen MR) is 73.6 cm³/mol. The van der Waals surface area contributed by atoms with E-state index in [2.05, 4.69) is 23.8 Å². The summed E-state index contributed by atoms with van der Waals surface area (Å²) in [5.41, 5.74) is 0. The van der Waals surface area contributed by atoms with Gasteiger partial charge in [0.1, 0.15) is 0 Å². The summed E-state index contributed by atoms with van der Waals surface area (Å²) in [6, 6.07) is -0.423. The van der Waals surface area contributed by atoms with Crippen LogP contribution in [0.1, 0.15) is 6.42 Å². The van der Waals surface area contributed by atoms with E-state index in [4.69, 9.17) is 0 Å². The Kier molecular flexibility index (Phi) is 8.07. The van der Waals surface area contributed by atoms with Crippen LogP contribution in [0.3, 0.4) is 0 Å². The summed E-state index contributed by atoms with van der Waals surface area (Å²) >= 11 is 0. The summed E-state index contributed by atoms with van der Waals surface area (Å²) in [7, 11) is 0. The lowest BCUT2D eigenvalue weighted by molar-refractivity contribution is -0.137. The van der Waals surface area contributed by atoms with Crippen LogP contribution in [0.15, 0.2) is 25.3 Å². The molecular weight excluding hydrogens is 254 g/mol. The third kappa shape index (κ3) is 4.89. The summed E-state index contributed by atoms with van der Waals surface area (Å²) in [5.74, 6) is -0.180. The van der Waals surface area contributed by atoms with E-state index < -0.39 is 6.04 Å². The number of halogens is 1. The third-order valence-electron chi connectivity index (χ3n) is 2.56. The topological polar surface area (TPSA) is 61.4 Å². The van der Waals surface area contributed by atoms with Crippen molar-refractivity contribution in [3.05, 3.63) is 25.3 Å². The van der Waals surface area contributed by atoms with Gasteiger partial charge in [0.05, 0.1) is 12.5 Å². The Balaban J connectivity index is 0.00000289. The molecule has 0 aromatic heterocycles. The third-order valence-corrected chi connectivity index (χ3v) is 2.56. The quantitative estimate of drug-likeness (QED) is 0.674. The van der Waals surface area contributed by atoms with Gasteiger partial charge in [0.2, 0.25) is 11.8 Å². The van der Waals surface area contributed by atoms with Crippen LogP contribution in [0.4, 0.5) is 0 Å². The second-order valence-electron chi connectivity index (χ2n) is 3.88. The molecule has 102 valence electrons. The van der Waals surface area contributed by atoms with Crippen LogP contribution in [-0.2, 0) is 9.59 Å². The van der Waals surface area contributed by atoms with E-state index in [1.807, 2.05) is 0 Å². The molecule has 0 bridgehead atoms. The zero-order valence-corrected chi connectivity index (χ0v) is 11.2. The number of piperazine rings is 1. The molecule has 18 heavy (non-hydrogen) atoms. The minimum atomic E-state index is -0.423. The van der Waals surface area contributed by atoms with Gasteiger partial charge < -0.3 is 15.5 Å². The van der Waals surface area contributed by atoms with Crippen molar-refractivity contribution in [2.45, 2.75) is 12.5 Å². The van der Waals surface area contributed by atoms with E-state index in [-0.39, 0.29) is 30.6 Å². The van der Waals surface area contributed by atoms with Crippen LogP contribution in [0.25, 0.3) is 0 Å². The van der Waals surface area contributed by atoms with Gasteiger partial charge in [-0.1, -0.05) is 12.2 Å². The fraction of sp³-hybridized carbons (Fsp3) is 0.500. The Bertz CT molecular complexity index is 320. The van der Waals surface area contributed by atoms with E-state index >= 15 is 0 Å². The Morgan fingerprint density at radius 2 is 2.22 bits per heavy atom. The highest BCUT2D eigenvalue weighted by Crippen LogP contribution is 2.05. The Morgan fingerprint density at radius 3 is 2.83 bits per heavy atom. The highest BCUT2D eigenvalue weighted by atomic mass is 35.5. The molecule has 0 aromatic rings. The first-order valence-electron chi connectivity index (χ1n) is 5.69. The largest absolute Gasteiger partial charge is 0.353 e. The van der Waals surface area contributed by atoms with Gasteiger partial charge in [-0.15, -0.1) is 25.6 Å². The second kappa shape index (κ2) is 8.72. The van der Waals surface area contributed by atoms with Crippen molar-refractivity contribution in [2.24, 2.45) is 0 Å². The van der Waals surface area contributed by atoms with E-state index in [1.165, 1.54) is 0 Å². The molecule has 2 N–H and O–H groups in total. The standard InChI is InChI=1S/C12H19N3O2.ClH/c1-3-5-14-11(16)9-10-12(17)15(7-4-2)8-6-13-10;/h3-4,10,13H,1-2,5-9H2,(H,14,16);1H.